The fraction of sp³-hybridized carbons (Fsp3) is 0.429. The van der Waals surface area contributed by atoms with Crippen molar-refractivity contribution in [3.63, 3.8) is 0 Å². The Balaban J connectivity index is 1.76. The number of benzene rings is 1. The number of ether oxygens (including phenoxy) is 2. The van der Waals surface area contributed by atoms with Crippen LogP contribution in [-0.2, 0) is 9.47 Å². The Morgan fingerprint density at radius 1 is 1.19 bits per heavy atom. The first kappa shape index (κ1) is 14.0. The fourth-order valence-corrected chi connectivity index (χ4v) is 2.00. The second-order valence-electron chi connectivity index (χ2n) is 5.04. The van der Waals surface area contributed by atoms with Crippen LogP contribution in [0, 0.1) is 0 Å². The number of nitrogens with zero attached hydrogens (tertiary/aromatic N) is 1. The summed E-state index contributed by atoms with van der Waals surface area (Å²) in [4.78, 5) is 23.8. The Morgan fingerprint density at radius 3 is 2.38 bits per heavy atom. The van der Waals surface area contributed by atoms with Crippen molar-refractivity contribution in [1.29, 1.82) is 0 Å². The molecule has 0 bridgehead atoms. The minimum Gasteiger partial charge on any atom is -0.478 e. The number of rotatable bonds is 7. The lowest BCUT2D eigenvalue weighted by Crippen LogP contribution is -2.47. The van der Waals surface area contributed by atoms with Crippen molar-refractivity contribution in [2.45, 2.75) is 12.2 Å². The van der Waals surface area contributed by atoms with Crippen LogP contribution >= 0.6 is 0 Å². The maximum Gasteiger partial charge on any atom is 0.336 e. The number of carbonyl (C=O) groups excluding carboxylic acids is 1. The zero-order chi connectivity index (χ0) is 14.8. The van der Waals surface area contributed by atoms with E-state index in [-0.39, 0.29) is 29.2 Å². The number of hydrogen-bond donors (Lipinski definition) is 2. The van der Waals surface area contributed by atoms with Gasteiger partial charge in [0.05, 0.1) is 37.0 Å². The van der Waals surface area contributed by atoms with Gasteiger partial charge in [0.1, 0.15) is 6.10 Å². The highest BCUT2D eigenvalue weighted by Crippen LogP contribution is 2.16. The van der Waals surface area contributed by atoms with E-state index in [1.165, 1.54) is 17.1 Å². The molecule has 2 atom stereocenters. The summed E-state index contributed by atoms with van der Waals surface area (Å²) in [5.74, 6) is -1.49. The van der Waals surface area contributed by atoms with Gasteiger partial charge in [-0.05, 0) is 12.1 Å². The van der Waals surface area contributed by atoms with Crippen LogP contribution in [-0.4, -0.2) is 60.5 Å². The fourth-order valence-electron chi connectivity index (χ4n) is 2.00. The molecule has 1 aromatic rings. The van der Waals surface area contributed by atoms with Gasteiger partial charge in [0.2, 0.25) is 0 Å². The lowest BCUT2D eigenvalue weighted by Gasteiger charge is -2.23. The molecule has 0 aliphatic carbocycles. The molecule has 2 N–H and O–H groups in total. The van der Waals surface area contributed by atoms with Crippen LogP contribution < -0.4 is 5.43 Å². The number of hydrazine groups is 1. The Kier molecular flexibility index (Phi) is 3.87. The van der Waals surface area contributed by atoms with E-state index in [0.29, 0.717) is 26.3 Å². The van der Waals surface area contributed by atoms with Crippen LogP contribution in [0.4, 0.5) is 0 Å². The molecule has 0 spiro atoms. The molecule has 2 heterocycles. The van der Waals surface area contributed by atoms with Gasteiger partial charge < -0.3 is 14.6 Å². The van der Waals surface area contributed by atoms with Crippen molar-refractivity contribution in [2.24, 2.45) is 0 Å². The predicted molar refractivity (Wildman–Crippen MR) is 71.9 cm³/mol. The van der Waals surface area contributed by atoms with Crippen molar-refractivity contribution >= 4 is 11.9 Å². The van der Waals surface area contributed by atoms with Gasteiger partial charge in [-0.2, -0.15) is 0 Å². The van der Waals surface area contributed by atoms with Crippen LogP contribution in [0.25, 0.3) is 0 Å². The molecule has 2 aliphatic heterocycles. The third-order valence-electron chi connectivity index (χ3n) is 3.33. The Hall–Kier alpha value is -1.96. The van der Waals surface area contributed by atoms with E-state index < -0.39 is 5.97 Å². The second-order valence-corrected chi connectivity index (χ2v) is 5.04. The van der Waals surface area contributed by atoms with Crippen molar-refractivity contribution < 1.29 is 24.2 Å². The molecule has 7 nitrogen and oxygen atoms in total. The first-order valence-corrected chi connectivity index (χ1v) is 6.76. The minimum atomic E-state index is -1.12. The number of aromatic carboxylic acids is 1. The highest BCUT2D eigenvalue weighted by Gasteiger charge is 2.31. The summed E-state index contributed by atoms with van der Waals surface area (Å²) in [7, 11) is 0. The summed E-state index contributed by atoms with van der Waals surface area (Å²) < 4.78 is 10.2. The summed E-state index contributed by atoms with van der Waals surface area (Å²) in [5, 5.41) is 10.6. The molecule has 0 aromatic heterocycles. The van der Waals surface area contributed by atoms with E-state index in [4.69, 9.17) is 9.47 Å². The van der Waals surface area contributed by atoms with Crippen LogP contribution in [0.2, 0.25) is 0 Å². The maximum atomic E-state index is 12.6. The van der Waals surface area contributed by atoms with Gasteiger partial charge in [0.25, 0.3) is 5.91 Å². The molecule has 3 rings (SSSR count). The van der Waals surface area contributed by atoms with Gasteiger partial charge in [0.15, 0.2) is 0 Å². The molecule has 2 unspecified atom stereocenters. The average molecular weight is 292 g/mol. The van der Waals surface area contributed by atoms with E-state index in [9.17, 15) is 14.7 Å². The lowest BCUT2D eigenvalue weighted by molar-refractivity contribution is 0.0613. The van der Waals surface area contributed by atoms with Gasteiger partial charge in [-0.15, -0.1) is 0 Å². The smallest absolute Gasteiger partial charge is 0.336 e. The first-order chi connectivity index (χ1) is 10.1. The lowest BCUT2D eigenvalue weighted by atomic mass is 10.1. The third kappa shape index (κ3) is 3.57. The van der Waals surface area contributed by atoms with Crippen molar-refractivity contribution in [3.05, 3.63) is 35.4 Å². The Morgan fingerprint density at radius 2 is 1.81 bits per heavy atom. The van der Waals surface area contributed by atoms with E-state index in [0.717, 1.165) is 0 Å². The number of amides is 1. The number of carboxylic acid groups (broad SMARTS) is 1. The summed E-state index contributed by atoms with van der Waals surface area (Å²) in [5.41, 5.74) is 3.16. The van der Waals surface area contributed by atoms with Gasteiger partial charge >= 0.3 is 5.97 Å². The van der Waals surface area contributed by atoms with Gasteiger partial charge in [0, 0.05) is 6.54 Å². The first-order valence-electron chi connectivity index (χ1n) is 6.76. The quantitative estimate of drug-likeness (QED) is 0.548. The Labute approximate surface area is 121 Å². The largest absolute Gasteiger partial charge is 0.478 e. The standard InChI is InChI=1S/C14H16N2O5/c17-13(11-3-1-2-4-12(11)14(18)19)16(6-10-8-21-10)15-5-9-7-20-9/h1-4,9-10,15H,5-8H2,(H,18,19). The zero-order valence-corrected chi connectivity index (χ0v) is 11.3. The molecule has 112 valence electrons. The molecular weight excluding hydrogens is 276 g/mol. The summed E-state index contributed by atoms with van der Waals surface area (Å²) >= 11 is 0. The number of hydrogen-bond acceptors (Lipinski definition) is 5. The molecule has 1 amide bonds. The number of nitrogens with one attached hydrogen (secondary N) is 1. The highest BCUT2D eigenvalue weighted by molar-refractivity contribution is 6.04. The van der Waals surface area contributed by atoms with Crippen molar-refractivity contribution in [3.8, 4) is 0 Å². The SMILES string of the molecule is O=C(O)c1ccccc1C(=O)N(CC1CO1)NCC1CO1. The molecular formula is C14H16N2O5. The van der Waals surface area contributed by atoms with Crippen LogP contribution in [0.1, 0.15) is 20.7 Å². The molecule has 2 aliphatic rings. The van der Waals surface area contributed by atoms with Crippen LogP contribution in [0.5, 0.6) is 0 Å². The molecule has 0 radical (unpaired) electrons. The molecule has 2 saturated heterocycles. The van der Waals surface area contributed by atoms with Gasteiger partial charge in [-0.1, -0.05) is 12.1 Å². The Bertz CT molecular complexity index is 554. The molecule has 1 aromatic carbocycles. The highest BCUT2D eigenvalue weighted by atomic mass is 16.6. The van der Waals surface area contributed by atoms with E-state index >= 15 is 0 Å². The van der Waals surface area contributed by atoms with E-state index in [2.05, 4.69) is 5.43 Å². The minimum absolute atomic E-state index is 0.00585. The summed E-state index contributed by atoms with van der Waals surface area (Å²) in [6.07, 6.45) is 0.133. The molecule has 21 heavy (non-hydrogen) atoms. The van der Waals surface area contributed by atoms with Gasteiger partial charge in [-0.25, -0.2) is 10.2 Å². The maximum absolute atomic E-state index is 12.6. The van der Waals surface area contributed by atoms with E-state index in [1.807, 2.05) is 0 Å². The van der Waals surface area contributed by atoms with Crippen molar-refractivity contribution in [2.75, 3.05) is 26.3 Å². The normalized spacial score (nSPS) is 22.7. The van der Waals surface area contributed by atoms with E-state index in [1.54, 1.807) is 12.1 Å². The van der Waals surface area contributed by atoms with Crippen molar-refractivity contribution in [1.82, 2.24) is 10.4 Å². The molecule has 7 heteroatoms. The summed E-state index contributed by atoms with van der Waals surface area (Å²) in [6.45, 7) is 2.21. The van der Waals surface area contributed by atoms with Crippen LogP contribution in [0.15, 0.2) is 24.3 Å². The monoisotopic (exact) mass is 292 g/mol. The number of epoxide rings is 2. The van der Waals surface area contributed by atoms with Crippen LogP contribution in [0.3, 0.4) is 0 Å². The molecule has 2 fully saturated rings. The average Bonchev–Trinajstić information content (AvgIpc) is 3.37. The zero-order valence-electron chi connectivity index (χ0n) is 11.3. The summed E-state index contributed by atoms with van der Waals surface area (Å²) in [6, 6.07) is 6.18. The van der Waals surface area contributed by atoms with Gasteiger partial charge in [-0.3, -0.25) is 9.80 Å². The molecule has 0 saturated carbocycles. The topological polar surface area (TPSA) is 94.7 Å². The second kappa shape index (κ2) is 5.80. The predicted octanol–water partition coefficient (Wildman–Crippen LogP) is 0.129. The number of carbonyl (C=O) groups is 2. The number of carboxylic acids is 1. The third-order valence-corrected chi connectivity index (χ3v) is 3.33.